The van der Waals surface area contributed by atoms with E-state index in [1.54, 1.807) is 45.0 Å². The Hall–Kier alpha value is -5.53. The average Bonchev–Trinajstić information content (AvgIpc) is 3.42. The number of phenolic OH excluding ortho intramolecular Hbond substituents is 1. The summed E-state index contributed by atoms with van der Waals surface area (Å²) in [7, 11) is 0. The maximum absolute atomic E-state index is 14.0. The first-order chi connectivity index (χ1) is 25.4. The SMILES string of the molecule is Cc1cc(=O)oc2cc(NC(=O)[C@H](Cc3ccc(O)cc3)NC(=O)[C@@H](NC(=O)[C@H](CC(C)C)NC(=O)[C@H](CC(C)C)N3C(=O)CCC3=O)C(C)C)ccc12. The zero-order valence-electron chi connectivity index (χ0n) is 31.9. The summed E-state index contributed by atoms with van der Waals surface area (Å²) in [6.07, 6.45) is 0.489. The number of nitrogens with one attached hydrogen (secondary N) is 4. The lowest BCUT2D eigenvalue weighted by Gasteiger charge is -2.30. The third-order valence-corrected chi connectivity index (χ3v) is 9.21. The third kappa shape index (κ3) is 10.8. The molecule has 0 aliphatic carbocycles. The van der Waals surface area contributed by atoms with Gasteiger partial charge in [0.2, 0.25) is 35.4 Å². The van der Waals surface area contributed by atoms with Crippen LogP contribution in [0.4, 0.5) is 5.69 Å². The van der Waals surface area contributed by atoms with E-state index < -0.39 is 71.2 Å². The lowest BCUT2D eigenvalue weighted by Crippen LogP contribution is -2.60. The van der Waals surface area contributed by atoms with E-state index in [9.17, 15) is 38.7 Å². The smallest absolute Gasteiger partial charge is 0.336 e. The third-order valence-electron chi connectivity index (χ3n) is 9.21. The number of benzene rings is 2. The lowest BCUT2D eigenvalue weighted by molar-refractivity contribution is -0.147. The zero-order chi connectivity index (χ0) is 39.9. The monoisotopic (exact) mass is 745 g/mol. The highest BCUT2D eigenvalue weighted by molar-refractivity contribution is 6.06. The van der Waals surface area contributed by atoms with Crippen LogP contribution in [0.3, 0.4) is 0 Å². The highest BCUT2D eigenvalue weighted by Gasteiger charge is 2.40. The largest absolute Gasteiger partial charge is 0.508 e. The molecule has 4 rings (SSSR count). The van der Waals surface area contributed by atoms with Gasteiger partial charge in [-0.25, -0.2) is 4.79 Å². The van der Waals surface area contributed by atoms with E-state index in [2.05, 4.69) is 21.3 Å². The number of imide groups is 1. The van der Waals surface area contributed by atoms with E-state index in [0.29, 0.717) is 22.2 Å². The second kappa shape index (κ2) is 18.0. The number of hydrogen-bond acceptors (Lipinski definition) is 9. The highest BCUT2D eigenvalue weighted by Crippen LogP contribution is 2.23. The molecule has 2 aromatic carbocycles. The number of hydrogen-bond donors (Lipinski definition) is 5. The summed E-state index contributed by atoms with van der Waals surface area (Å²) in [5.74, 6) is -3.91. The fraction of sp³-hybridized carbons (Fsp3) is 0.475. The molecule has 3 aromatic rings. The Kier molecular flexibility index (Phi) is 13.7. The quantitative estimate of drug-likeness (QED) is 0.107. The molecule has 1 saturated heterocycles. The number of rotatable bonds is 16. The second-order valence-electron chi connectivity index (χ2n) is 15.1. The van der Waals surface area contributed by atoms with Crippen LogP contribution in [-0.4, -0.2) is 69.6 Å². The van der Waals surface area contributed by atoms with E-state index in [-0.39, 0.29) is 55.3 Å². The molecule has 1 aliphatic rings. The van der Waals surface area contributed by atoms with Crippen LogP contribution in [0.15, 0.2) is 57.7 Å². The number of fused-ring (bicyclic) bond motifs is 1. The molecule has 1 aliphatic heterocycles. The Morgan fingerprint density at radius 2 is 1.35 bits per heavy atom. The van der Waals surface area contributed by atoms with Gasteiger partial charge >= 0.3 is 5.63 Å². The Balaban J connectivity index is 1.55. The molecule has 1 fully saturated rings. The van der Waals surface area contributed by atoms with Gasteiger partial charge in [-0.15, -0.1) is 0 Å². The molecular weight excluding hydrogens is 694 g/mol. The number of phenols is 1. The van der Waals surface area contributed by atoms with Crippen molar-refractivity contribution in [3.05, 3.63) is 70.1 Å². The molecule has 54 heavy (non-hydrogen) atoms. The minimum absolute atomic E-state index is 0.0214. The summed E-state index contributed by atoms with van der Waals surface area (Å²) in [5, 5.41) is 21.6. The van der Waals surface area contributed by atoms with Crippen molar-refractivity contribution in [3.63, 3.8) is 0 Å². The van der Waals surface area contributed by atoms with Gasteiger partial charge in [-0.2, -0.15) is 0 Å². The highest BCUT2D eigenvalue weighted by atomic mass is 16.4. The molecule has 5 N–H and O–H groups in total. The van der Waals surface area contributed by atoms with Crippen LogP contribution < -0.4 is 26.9 Å². The van der Waals surface area contributed by atoms with Crippen LogP contribution in [0.1, 0.15) is 78.4 Å². The first kappa shape index (κ1) is 41.2. The van der Waals surface area contributed by atoms with Gasteiger partial charge in [0.05, 0.1) is 0 Å². The molecule has 4 atom stereocenters. The van der Waals surface area contributed by atoms with Gasteiger partial charge in [-0.05, 0) is 72.9 Å². The lowest BCUT2D eigenvalue weighted by atomic mass is 9.97. The topological polar surface area (TPSA) is 204 Å². The van der Waals surface area contributed by atoms with E-state index in [1.165, 1.54) is 24.3 Å². The van der Waals surface area contributed by atoms with Gasteiger partial charge < -0.3 is 30.8 Å². The Labute approximate surface area is 314 Å². The number of amides is 6. The van der Waals surface area contributed by atoms with Gasteiger partial charge in [-0.1, -0.05) is 53.7 Å². The van der Waals surface area contributed by atoms with E-state index in [4.69, 9.17) is 4.42 Å². The number of aromatic hydroxyl groups is 1. The first-order valence-electron chi connectivity index (χ1n) is 18.3. The normalized spacial score (nSPS) is 15.3. The van der Waals surface area contributed by atoms with Crippen LogP contribution in [0, 0.1) is 24.7 Å². The second-order valence-corrected chi connectivity index (χ2v) is 15.1. The Morgan fingerprint density at radius 1 is 0.741 bits per heavy atom. The van der Waals surface area contributed by atoms with Crippen molar-refractivity contribution < 1.29 is 38.3 Å². The molecule has 0 unspecified atom stereocenters. The minimum atomic E-state index is -1.15. The summed E-state index contributed by atoms with van der Waals surface area (Å²) in [6, 6.07) is 7.93. The molecule has 0 saturated carbocycles. The molecule has 0 bridgehead atoms. The van der Waals surface area contributed by atoms with E-state index >= 15 is 0 Å². The van der Waals surface area contributed by atoms with Gasteiger partial charge in [0, 0.05) is 42.5 Å². The number of anilines is 1. The standard InChI is InChI=1S/C40H51N5O9/c1-21(2)16-29(42-39(52)31(17-22(3)4)45-33(47)14-15-34(45)48)38(51)44-36(23(5)6)40(53)43-30(19-25-8-11-27(46)12-9-25)37(50)41-26-10-13-28-24(7)18-35(49)54-32(28)20-26/h8-13,18,20-23,29-31,36,46H,14-17,19H2,1-7H3,(H,41,50)(H,42,52)(H,43,53)(H,44,51)/t29-,30-,31-,36-/m0/s1. The fourth-order valence-corrected chi connectivity index (χ4v) is 6.45. The number of nitrogens with zero attached hydrogens (tertiary/aromatic N) is 1. The maximum atomic E-state index is 14.0. The predicted octanol–water partition coefficient (Wildman–Crippen LogP) is 3.71. The molecule has 6 amide bonds. The fourth-order valence-electron chi connectivity index (χ4n) is 6.45. The van der Waals surface area contributed by atoms with E-state index in [0.717, 1.165) is 4.90 Å². The van der Waals surface area contributed by atoms with Crippen LogP contribution >= 0.6 is 0 Å². The van der Waals surface area contributed by atoms with Gasteiger partial charge in [0.15, 0.2) is 0 Å². The van der Waals surface area contributed by atoms with Crippen LogP contribution in [0.5, 0.6) is 5.75 Å². The van der Waals surface area contributed by atoms with Crippen molar-refractivity contribution in [1.82, 2.24) is 20.9 Å². The van der Waals surface area contributed by atoms with Crippen LogP contribution in [0.25, 0.3) is 11.0 Å². The molecule has 2 heterocycles. The van der Waals surface area contributed by atoms with Crippen molar-refractivity contribution in [2.24, 2.45) is 17.8 Å². The first-order valence-corrected chi connectivity index (χ1v) is 18.3. The number of aryl methyl sites for hydroxylation is 1. The number of likely N-dealkylation sites (tertiary alicyclic amines) is 1. The molecule has 290 valence electrons. The van der Waals surface area contributed by atoms with Crippen molar-refractivity contribution in [1.29, 1.82) is 0 Å². The van der Waals surface area contributed by atoms with Crippen LogP contribution in [-0.2, 0) is 35.2 Å². The summed E-state index contributed by atoms with van der Waals surface area (Å²) < 4.78 is 5.32. The molecule has 14 nitrogen and oxygen atoms in total. The Bertz CT molecular complexity index is 1920. The molecular formula is C40H51N5O9. The van der Waals surface area contributed by atoms with Crippen molar-refractivity contribution in [3.8, 4) is 5.75 Å². The minimum Gasteiger partial charge on any atom is -0.508 e. The molecule has 0 radical (unpaired) electrons. The summed E-state index contributed by atoms with van der Waals surface area (Å²) in [5.41, 5.74) is 1.40. The van der Waals surface area contributed by atoms with E-state index in [1.807, 2.05) is 27.7 Å². The van der Waals surface area contributed by atoms with Gasteiger partial charge in [0.1, 0.15) is 35.5 Å². The van der Waals surface area contributed by atoms with Gasteiger partial charge in [-0.3, -0.25) is 33.7 Å². The summed E-state index contributed by atoms with van der Waals surface area (Å²) in [6.45, 7) is 12.7. The van der Waals surface area contributed by atoms with Crippen molar-refractivity contribution >= 4 is 52.1 Å². The van der Waals surface area contributed by atoms with Crippen molar-refractivity contribution in [2.45, 2.75) is 105 Å². The predicted molar refractivity (Wildman–Crippen MR) is 202 cm³/mol. The zero-order valence-corrected chi connectivity index (χ0v) is 31.9. The summed E-state index contributed by atoms with van der Waals surface area (Å²) in [4.78, 5) is 93.5. The summed E-state index contributed by atoms with van der Waals surface area (Å²) >= 11 is 0. The number of carbonyl (C=O) groups is 6. The maximum Gasteiger partial charge on any atom is 0.336 e. The molecule has 14 heteroatoms. The van der Waals surface area contributed by atoms with Crippen LogP contribution in [0.2, 0.25) is 0 Å². The molecule has 0 spiro atoms. The van der Waals surface area contributed by atoms with Crippen molar-refractivity contribution in [2.75, 3.05) is 5.32 Å². The van der Waals surface area contributed by atoms with Gasteiger partial charge in [0.25, 0.3) is 0 Å². The molecule has 1 aromatic heterocycles. The Morgan fingerprint density at radius 3 is 1.94 bits per heavy atom. The average molecular weight is 746 g/mol. The number of carbonyl (C=O) groups excluding carboxylic acids is 6.